The summed E-state index contributed by atoms with van der Waals surface area (Å²) in [5.74, 6) is 1.41. The summed E-state index contributed by atoms with van der Waals surface area (Å²) < 4.78 is 11.3. The molecule has 0 spiro atoms. The number of rotatable bonds is 5. The zero-order valence-corrected chi connectivity index (χ0v) is 15.4. The highest BCUT2D eigenvalue weighted by Gasteiger charge is 2.19. The Morgan fingerprint density at radius 1 is 1.07 bits per heavy atom. The molecule has 6 heteroatoms. The van der Waals surface area contributed by atoms with Crippen LogP contribution in [0.1, 0.15) is 27.7 Å². The van der Waals surface area contributed by atoms with Gasteiger partial charge in [-0.3, -0.25) is 4.79 Å². The molecule has 0 saturated carbocycles. The number of hydrogen-bond acceptors (Lipinski definition) is 5. The third-order valence-electron chi connectivity index (χ3n) is 4.82. The molecule has 1 unspecified atom stereocenters. The van der Waals surface area contributed by atoms with Crippen molar-refractivity contribution in [3.05, 3.63) is 96.1 Å². The molecule has 0 fully saturated rings. The lowest BCUT2D eigenvalue weighted by Crippen LogP contribution is -2.04. The van der Waals surface area contributed by atoms with E-state index in [-0.39, 0.29) is 11.7 Å². The summed E-state index contributed by atoms with van der Waals surface area (Å²) in [6.07, 6.45) is 5.37. The molecule has 0 aliphatic carbocycles. The number of nitrogens with one attached hydrogen (secondary N) is 1. The van der Waals surface area contributed by atoms with Crippen LogP contribution in [-0.4, -0.2) is 27.3 Å². The zero-order chi connectivity index (χ0) is 19.6. The molecular formula is C23H17N3O3. The fourth-order valence-electron chi connectivity index (χ4n) is 3.31. The van der Waals surface area contributed by atoms with E-state index in [9.17, 15) is 4.79 Å². The molecule has 5 rings (SSSR count). The molecule has 3 heterocycles. The Kier molecular flexibility index (Phi) is 4.29. The van der Waals surface area contributed by atoms with E-state index >= 15 is 0 Å². The van der Waals surface area contributed by atoms with Crippen LogP contribution < -0.4 is 4.74 Å². The highest BCUT2D eigenvalue weighted by molar-refractivity contribution is 6.08. The number of H-pyrrole nitrogens is 1. The molecule has 1 atom stereocenters. The minimum atomic E-state index is -0.167. The second-order valence-electron chi connectivity index (χ2n) is 6.72. The van der Waals surface area contributed by atoms with Crippen molar-refractivity contribution < 1.29 is 14.3 Å². The summed E-state index contributed by atoms with van der Waals surface area (Å²) >= 11 is 0. The summed E-state index contributed by atoms with van der Waals surface area (Å²) in [6.45, 7) is 0.576. The lowest BCUT2D eigenvalue weighted by atomic mass is 10.0. The number of carbonyl (C=O) groups is 1. The summed E-state index contributed by atoms with van der Waals surface area (Å²) in [6, 6.07) is 18.4. The van der Waals surface area contributed by atoms with E-state index in [2.05, 4.69) is 15.0 Å². The van der Waals surface area contributed by atoms with Gasteiger partial charge in [-0.05, 0) is 48.5 Å². The van der Waals surface area contributed by atoms with Crippen molar-refractivity contribution in [3.8, 4) is 11.6 Å². The normalized spacial score (nSPS) is 15.4. The first-order chi connectivity index (χ1) is 14.3. The molecule has 0 radical (unpaired) electrons. The van der Waals surface area contributed by atoms with Crippen LogP contribution in [0, 0.1) is 0 Å². The van der Waals surface area contributed by atoms with Crippen LogP contribution in [0.5, 0.6) is 11.6 Å². The number of benzene rings is 2. The number of para-hydroxylation sites is 2. The lowest BCUT2D eigenvalue weighted by molar-refractivity contribution is 0.103. The predicted octanol–water partition coefficient (Wildman–Crippen LogP) is 4.61. The van der Waals surface area contributed by atoms with E-state index in [1.54, 1.807) is 36.7 Å². The van der Waals surface area contributed by atoms with E-state index in [1.807, 2.05) is 42.5 Å². The average molecular weight is 383 g/mol. The molecule has 1 N–H and O–H groups in total. The Morgan fingerprint density at radius 3 is 2.72 bits per heavy atom. The quantitative estimate of drug-likeness (QED) is 0.509. The monoisotopic (exact) mass is 383 g/mol. The second kappa shape index (κ2) is 7.24. The highest BCUT2D eigenvalue weighted by Crippen LogP contribution is 2.31. The summed E-state index contributed by atoms with van der Waals surface area (Å²) in [4.78, 5) is 24.5. The molecule has 0 amide bonds. The van der Waals surface area contributed by atoms with Gasteiger partial charge in [-0.25, -0.2) is 9.97 Å². The molecule has 142 valence electrons. The number of aromatic amines is 1. The van der Waals surface area contributed by atoms with Gasteiger partial charge in [0.2, 0.25) is 11.7 Å². The Hall–Kier alpha value is -3.93. The molecule has 6 nitrogen and oxygen atoms in total. The molecular weight excluding hydrogens is 366 g/mol. The maximum absolute atomic E-state index is 12.7. The van der Waals surface area contributed by atoms with Crippen molar-refractivity contribution in [2.45, 2.75) is 5.92 Å². The Morgan fingerprint density at radius 2 is 1.93 bits per heavy atom. The molecule has 1 aliphatic heterocycles. The maximum Gasteiger partial charge on any atom is 0.228 e. The predicted molar refractivity (Wildman–Crippen MR) is 108 cm³/mol. The van der Waals surface area contributed by atoms with Crippen LogP contribution in [0.4, 0.5) is 0 Å². The van der Waals surface area contributed by atoms with Gasteiger partial charge in [-0.2, -0.15) is 0 Å². The van der Waals surface area contributed by atoms with E-state index in [1.165, 1.54) is 0 Å². The topological polar surface area (TPSA) is 77.1 Å². The van der Waals surface area contributed by atoms with E-state index in [0.717, 1.165) is 16.6 Å². The SMILES string of the molecule is O=C(c1ccc(Oc2ncccc2C2C=COC2)cc1)c1nc2ccccc2[nH]1. The number of nitrogens with zero attached hydrogens (tertiary/aromatic N) is 2. The maximum atomic E-state index is 12.7. The summed E-state index contributed by atoms with van der Waals surface area (Å²) in [5, 5.41) is 0. The third-order valence-corrected chi connectivity index (χ3v) is 4.82. The van der Waals surface area contributed by atoms with Crippen LogP contribution >= 0.6 is 0 Å². The van der Waals surface area contributed by atoms with E-state index in [0.29, 0.717) is 29.6 Å². The highest BCUT2D eigenvalue weighted by atomic mass is 16.5. The average Bonchev–Trinajstić information content (AvgIpc) is 3.44. The summed E-state index contributed by atoms with van der Waals surface area (Å²) in [7, 11) is 0. The van der Waals surface area contributed by atoms with Gasteiger partial charge >= 0.3 is 0 Å². The van der Waals surface area contributed by atoms with E-state index < -0.39 is 0 Å². The zero-order valence-electron chi connectivity index (χ0n) is 15.4. The van der Waals surface area contributed by atoms with Gasteiger partial charge in [0.15, 0.2) is 5.82 Å². The minimum Gasteiger partial charge on any atom is -0.501 e. The number of carbonyl (C=O) groups excluding carboxylic acids is 1. The van der Waals surface area contributed by atoms with Gasteiger partial charge in [0.25, 0.3) is 0 Å². The van der Waals surface area contributed by atoms with Gasteiger partial charge in [0.1, 0.15) is 5.75 Å². The Bertz CT molecular complexity index is 1180. The fourth-order valence-corrected chi connectivity index (χ4v) is 3.31. The molecule has 1 aliphatic rings. The van der Waals surface area contributed by atoms with Crippen LogP contribution in [-0.2, 0) is 4.74 Å². The third kappa shape index (κ3) is 3.36. The standard InChI is InChI=1S/C23H17N3O3/c27-21(22-25-19-5-1-2-6-20(19)26-22)15-7-9-17(10-8-15)29-23-18(4-3-12-24-23)16-11-13-28-14-16/h1-13,16H,14H2,(H,25,26). The number of aromatic nitrogens is 3. The number of pyridine rings is 1. The van der Waals surface area contributed by atoms with Crippen molar-refractivity contribution in [2.24, 2.45) is 0 Å². The molecule has 29 heavy (non-hydrogen) atoms. The van der Waals surface area contributed by atoms with Crippen LogP contribution in [0.2, 0.25) is 0 Å². The second-order valence-corrected chi connectivity index (χ2v) is 6.72. The number of hydrogen-bond donors (Lipinski definition) is 1. The number of fused-ring (bicyclic) bond motifs is 1. The van der Waals surface area contributed by atoms with Gasteiger partial charge in [0, 0.05) is 23.2 Å². The van der Waals surface area contributed by atoms with Gasteiger partial charge in [0.05, 0.1) is 23.9 Å². The smallest absolute Gasteiger partial charge is 0.228 e. The van der Waals surface area contributed by atoms with Crippen molar-refractivity contribution in [3.63, 3.8) is 0 Å². The molecule has 0 saturated heterocycles. The van der Waals surface area contributed by atoms with Crippen molar-refractivity contribution in [1.82, 2.24) is 15.0 Å². The van der Waals surface area contributed by atoms with Crippen molar-refractivity contribution >= 4 is 16.8 Å². The van der Waals surface area contributed by atoms with E-state index in [4.69, 9.17) is 9.47 Å². The van der Waals surface area contributed by atoms with Crippen LogP contribution in [0.25, 0.3) is 11.0 Å². The lowest BCUT2D eigenvalue weighted by Gasteiger charge is -2.13. The van der Waals surface area contributed by atoms with Crippen LogP contribution in [0.3, 0.4) is 0 Å². The summed E-state index contributed by atoms with van der Waals surface area (Å²) in [5.41, 5.74) is 3.10. The van der Waals surface area contributed by atoms with Crippen molar-refractivity contribution in [2.75, 3.05) is 6.61 Å². The first-order valence-electron chi connectivity index (χ1n) is 9.28. The number of ether oxygens (including phenoxy) is 2. The Balaban J connectivity index is 1.37. The number of imidazole rings is 1. The van der Waals surface area contributed by atoms with Gasteiger partial charge in [-0.1, -0.05) is 18.2 Å². The van der Waals surface area contributed by atoms with Crippen LogP contribution in [0.15, 0.2) is 79.2 Å². The first-order valence-corrected chi connectivity index (χ1v) is 9.28. The van der Waals surface area contributed by atoms with Crippen molar-refractivity contribution in [1.29, 1.82) is 0 Å². The molecule has 2 aromatic carbocycles. The van der Waals surface area contributed by atoms with Gasteiger partial charge in [-0.15, -0.1) is 0 Å². The number of ketones is 1. The molecule has 0 bridgehead atoms. The fraction of sp³-hybridized carbons (Fsp3) is 0.0870. The Labute approximate surface area is 166 Å². The minimum absolute atomic E-state index is 0.118. The molecule has 2 aromatic heterocycles. The largest absolute Gasteiger partial charge is 0.501 e. The molecule has 4 aromatic rings. The van der Waals surface area contributed by atoms with Gasteiger partial charge < -0.3 is 14.5 Å². The first kappa shape index (κ1) is 17.2.